The molecular weight excluding hydrogens is 322 g/mol. The fourth-order valence-corrected chi connectivity index (χ4v) is 4.33. The van der Waals surface area contributed by atoms with E-state index in [0.717, 1.165) is 9.75 Å². The molecule has 2 N–H and O–H groups in total. The van der Waals surface area contributed by atoms with Gasteiger partial charge in [0.15, 0.2) is 0 Å². The van der Waals surface area contributed by atoms with Gasteiger partial charge in [0.1, 0.15) is 6.10 Å². The van der Waals surface area contributed by atoms with E-state index in [2.05, 4.69) is 11.4 Å². The van der Waals surface area contributed by atoms with Crippen molar-refractivity contribution in [2.75, 3.05) is 6.54 Å². The Morgan fingerprint density at radius 1 is 1.19 bits per heavy atom. The normalized spacial score (nSPS) is 12.2. The molecule has 1 unspecified atom stereocenters. The molecule has 3 aromatic heterocycles. The van der Waals surface area contributed by atoms with Crippen LogP contribution in [0.3, 0.4) is 0 Å². The number of aliphatic hydroxyl groups excluding tert-OH is 1. The third-order valence-electron chi connectivity index (χ3n) is 2.96. The highest BCUT2D eigenvalue weighted by atomic mass is 32.1. The Hall–Kier alpha value is -1.47. The molecule has 0 radical (unpaired) electrons. The van der Waals surface area contributed by atoms with Crippen molar-refractivity contribution in [1.82, 2.24) is 5.32 Å². The van der Waals surface area contributed by atoms with E-state index in [1.165, 1.54) is 16.2 Å². The molecule has 0 saturated carbocycles. The lowest BCUT2D eigenvalue weighted by Gasteiger charge is -2.09. The summed E-state index contributed by atoms with van der Waals surface area (Å²) in [7, 11) is 0. The van der Waals surface area contributed by atoms with Crippen molar-refractivity contribution in [2.45, 2.75) is 6.10 Å². The van der Waals surface area contributed by atoms with Gasteiger partial charge < -0.3 is 10.4 Å². The maximum Gasteiger partial charge on any atom is 0.252 e. The molecule has 3 heterocycles. The van der Waals surface area contributed by atoms with Gasteiger partial charge in [0.05, 0.1) is 0 Å². The Morgan fingerprint density at radius 2 is 2.10 bits per heavy atom. The van der Waals surface area contributed by atoms with Crippen LogP contribution < -0.4 is 5.32 Å². The zero-order valence-electron chi connectivity index (χ0n) is 11.0. The van der Waals surface area contributed by atoms with Crippen molar-refractivity contribution in [3.8, 4) is 9.75 Å². The second-order valence-corrected chi connectivity index (χ2v) is 7.26. The van der Waals surface area contributed by atoms with E-state index in [0.29, 0.717) is 5.56 Å². The van der Waals surface area contributed by atoms with E-state index < -0.39 is 6.10 Å². The summed E-state index contributed by atoms with van der Waals surface area (Å²) in [5.74, 6) is -0.148. The van der Waals surface area contributed by atoms with Crippen LogP contribution in [0.4, 0.5) is 0 Å². The maximum absolute atomic E-state index is 11.8. The minimum Gasteiger partial charge on any atom is -0.386 e. The predicted octanol–water partition coefficient (Wildman–Crippen LogP) is 4.00. The minimum atomic E-state index is -0.675. The molecule has 0 aliphatic carbocycles. The second-order valence-electron chi connectivity index (χ2n) is 4.42. The lowest BCUT2D eigenvalue weighted by Crippen LogP contribution is -2.27. The number of nitrogens with one attached hydrogen (secondary N) is 1. The van der Waals surface area contributed by atoms with Gasteiger partial charge in [-0.05, 0) is 35.0 Å². The van der Waals surface area contributed by atoms with Crippen molar-refractivity contribution < 1.29 is 9.90 Å². The topological polar surface area (TPSA) is 49.3 Å². The van der Waals surface area contributed by atoms with Crippen molar-refractivity contribution in [2.24, 2.45) is 0 Å². The summed E-state index contributed by atoms with van der Waals surface area (Å²) in [5.41, 5.74) is 0.637. The van der Waals surface area contributed by atoms with Crippen molar-refractivity contribution in [3.63, 3.8) is 0 Å². The van der Waals surface area contributed by atoms with Crippen LogP contribution >= 0.6 is 34.0 Å². The van der Waals surface area contributed by atoms with E-state index in [1.807, 2.05) is 29.0 Å². The van der Waals surface area contributed by atoms with Gasteiger partial charge >= 0.3 is 0 Å². The number of amides is 1. The van der Waals surface area contributed by atoms with E-state index >= 15 is 0 Å². The molecule has 0 bridgehead atoms. The molecule has 0 aliphatic rings. The molecule has 3 nitrogen and oxygen atoms in total. The SMILES string of the molecule is O=C(NCC(O)c1ccc(-c2cccs2)s1)c1ccsc1. The Bertz CT molecular complexity index is 701. The quantitative estimate of drug-likeness (QED) is 0.740. The van der Waals surface area contributed by atoms with Crippen LogP contribution in [0.2, 0.25) is 0 Å². The molecule has 3 aromatic rings. The standard InChI is InChI=1S/C15H13NO2S3/c17-11(8-16-15(18)10-5-7-19-9-10)12-3-4-14(21-12)13-2-1-6-20-13/h1-7,9,11,17H,8H2,(H,16,18). The number of carbonyl (C=O) groups is 1. The van der Waals surface area contributed by atoms with Gasteiger partial charge in [-0.3, -0.25) is 4.79 Å². The number of thiophene rings is 3. The van der Waals surface area contributed by atoms with E-state index in [4.69, 9.17) is 0 Å². The van der Waals surface area contributed by atoms with Gasteiger partial charge in [0, 0.05) is 32.1 Å². The molecule has 21 heavy (non-hydrogen) atoms. The van der Waals surface area contributed by atoms with Gasteiger partial charge in [0.25, 0.3) is 5.91 Å². The molecular formula is C15H13NO2S3. The Labute approximate surface area is 134 Å². The van der Waals surface area contributed by atoms with Crippen LogP contribution in [0.25, 0.3) is 9.75 Å². The first kappa shape index (κ1) is 14.5. The molecule has 0 spiro atoms. The highest BCUT2D eigenvalue weighted by Gasteiger charge is 2.14. The zero-order valence-corrected chi connectivity index (χ0v) is 13.4. The van der Waals surface area contributed by atoms with Crippen molar-refractivity contribution >= 4 is 39.9 Å². The highest BCUT2D eigenvalue weighted by Crippen LogP contribution is 2.33. The number of hydrogen-bond donors (Lipinski definition) is 2. The number of aliphatic hydroxyl groups is 1. The third kappa shape index (κ3) is 3.41. The van der Waals surface area contributed by atoms with E-state index in [1.54, 1.807) is 34.1 Å². The average Bonchev–Trinajstić information content (AvgIpc) is 3.25. The van der Waals surface area contributed by atoms with Crippen LogP contribution in [-0.4, -0.2) is 17.6 Å². The molecule has 1 amide bonds. The monoisotopic (exact) mass is 335 g/mol. The van der Waals surface area contributed by atoms with E-state index in [-0.39, 0.29) is 12.5 Å². The van der Waals surface area contributed by atoms with Gasteiger partial charge in [-0.25, -0.2) is 0 Å². The lowest BCUT2D eigenvalue weighted by molar-refractivity contribution is 0.0918. The van der Waals surface area contributed by atoms with Gasteiger partial charge in [0.2, 0.25) is 0 Å². The Morgan fingerprint density at radius 3 is 2.81 bits per heavy atom. The van der Waals surface area contributed by atoms with Gasteiger partial charge in [-0.1, -0.05) is 6.07 Å². The second kappa shape index (κ2) is 6.53. The molecule has 6 heteroatoms. The molecule has 0 aliphatic heterocycles. The summed E-state index contributed by atoms with van der Waals surface area (Å²) < 4.78 is 0. The van der Waals surface area contributed by atoms with Crippen LogP contribution in [0, 0.1) is 0 Å². The number of rotatable bonds is 5. The summed E-state index contributed by atoms with van der Waals surface area (Å²) in [6.07, 6.45) is -0.675. The number of hydrogen-bond acceptors (Lipinski definition) is 5. The average molecular weight is 335 g/mol. The summed E-state index contributed by atoms with van der Waals surface area (Å²) in [6.45, 7) is 0.221. The van der Waals surface area contributed by atoms with E-state index in [9.17, 15) is 9.90 Å². The molecule has 1 atom stereocenters. The van der Waals surface area contributed by atoms with Crippen LogP contribution in [0.15, 0.2) is 46.5 Å². The highest BCUT2D eigenvalue weighted by molar-refractivity contribution is 7.21. The predicted molar refractivity (Wildman–Crippen MR) is 89.2 cm³/mol. The number of carbonyl (C=O) groups excluding carboxylic acids is 1. The lowest BCUT2D eigenvalue weighted by atomic mass is 10.2. The fraction of sp³-hybridized carbons (Fsp3) is 0.133. The molecule has 0 fully saturated rings. The Balaban J connectivity index is 1.61. The smallest absolute Gasteiger partial charge is 0.252 e. The van der Waals surface area contributed by atoms with Gasteiger partial charge in [-0.15, -0.1) is 22.7 Å². The van der Waals surface area contributed by atoms with Crippen molar-refractivity contribution in [1.29, 1.82) is 0 Å². The van der Waals surface area contributed by atoms with Gasteiger partial charge in [-0.2, -0.15) is 11.3 Å². The molecule has 3 rings (SSSR count). The summed E-state index contributed by atoms with van der Waals surface area (Å²) in [5, 5.41) is 18.6. The fourth-order valence-electron chi connectivity index (χ4n) is 1.87. The third-order valence-corrected chi connectivity index (χ3v) is 5.89. The molecule has 0 aromatic carbocycles. The first-order valence-electron chi connectivity index (χ1n) is 6.36. The summed E-state index contributed by atoms with van der Waals surface area (Å²) in [4.78, 5) is 15.0. The Kier molecular flexibility index (Phi) is 4.50. The molecule has 108 valence electrons. The summed E-state index contributed by atoms with van der Waals surface area (Å²) >= 11 is 4.72. The van der Waals surface area contributed by atoms with Crippen molar-refractivity contribution in [3.05, 3.63) is 56.9 Å². The van der Waals surface area contributed by atoms with Crippen LogP contribution in [0.1, 0.15) is 21.3 Å². The first-order chi connectivity index (χ1) is 10.2. The minimum absolute atomic E-state index is 0.148. The summed E-state index contributed by atoms with van der Waals surface area (Å²) in [6, 6.07) is 9.77. The zero-order chi connectivity index (χ0) is 14.7. The molecule has 0 saturated heterocycles. The first-order valence-corrected chi connectivity index (χ1v) is 9.00. The van der Waals surface area contributed by atoms with Crippen LogP contribution in [-0.2, 0) is 0 Å². The largest absolute Gasteiger partial charge is 0.386 e. The maximum atomic E-state index is 11.8. The van der Waals surface area contributed by atoms with Crippen LogP contribution in [0.5, 0.6) is 0 Å².